The standard InChI is InChI=1S/C17H12ClO2/c1-9-3-5-15-16(17-12(9)7-10(2)19-17)13-8-11(18)4-6-14(13)20-15/h3-8H,1-2H3/q+1. The van der Waals surface area contributed by atoms with Crippen molar-refractivity contribution in [2.24, 2.45) is 0 Å². The number of halogens is 1. The molecule has 4 rings (SSSR count). The fourth-order valence-electron chi connectivity index (χ4n) is 2.72. The van der Waals surface area contributed by atoms with Crippen LogP contribution < -0.4 is 0 Å². The zero-order valence-electron chi connectivity index (χ0n) is 11.2. The van der Waals surface area contributed by atoms with Gasteiger partial charge in [-0.15, -0.1) is 0 Å². The van der Waals surface area contributed by atoms with Gasteiger partial charge in [0.25, 0.3) is 0 Å². The first-order valence-electron chi connectivity index (χ1n) is 6.48. The highest BCUT2D eigenvalue weighted by Crippen LogP contribution is 2.41. The Kier molecular flexibility index (Phi) is 2.33. The van der Waals surface area contributed by atoms with Crippen LogP contribution in [-0.2, 0) is 0 Å². The number of furan rings is 2. The van der Waals surface area contributed by atoms with Gasteiger partial charge in [0.1, 0.15) is 16.7 Å². The molecular weight excluding hydrogens is 272 g/mol. The van der Waals surface area contributed by atoms with Gasteiger partial charge in [0.15, 0.2) is 5.58 Å². The first kappa shape index (κ1) is 11.7. The van der Waals surface area contributed by atoms with Gasteiger partial charge in [-0.2, -0.15) is 0 Å². The van der Waals surface area contributed by atoms with Crippen molar-refractivity contribution in [2.75, 3.05) is 0 Å². The molecule has 2 aromatic rings. The Morgan fingerprint density at radius 1 is 1.00 bits per heavy atom. The molecule has 1 aromatic carbocycles. The Bertz CT molecular complexity index is 937. The predicted octanol–water partition coefficient (Wildman–Crippen LogP) is 5.84. The van der Waals surface area contributed by atoms with Crippen LogP contribution in [0.1, 0.15) is 11.3 Å². The number of hydrogen-bond donors (Lipinski definition) is 0. The molecule has 0 saturated heterocycles. The van der Waals surface area contributed by atoms with Crippen molar-refractivity contribution in [1.82, 2.24) is 0 Å². The van der Waals surface area contributed by atoms with Gasteiger partial charge in [-0.05, 0) is 43.7 Å². The van der Waals surface area contributed by atoms with E-state index in [1.54, 1.807) is 0 Å². The molecule has 2 nitrogen and oxygen atoms in total. The van der Waals surface area contributed by atoms with Crippen LogP contribution in [0.3, 0.4) is 0 Å². The van der Waals surface area contributed by atoms with E-state index in [4.69, 9.17) is 20.4 Å². The van der Waals surface area contributed by atoms with Crippen molar-refractivity contribution in [3.63, 3.8) is 0 Å². The van der Waals surface area contributed by atoms with E-state index in [1.807, 2.05) is 31.2 Å². The SMILES string of the molecule is Cc1cc2c(C)ccc3[o+]c4ccc(Cl)cc4c-3c2o1. The Labute approximate surface area is 120 Å². The van der Waals surface area contributed by atoms with Gasteiger partial charge in [0.05, 0.1) is 0 Å². The molecular formula is C17H12ClO2+. The van der Waals surface area contributed by atoms with Gasteiger partial charge in [-0.1, -0.05) is 11.6 Å². The first-order valence-corrected chi connectivity index (χ1v) is 6.86. The Morgan fingerprint density at radius 2 is 1.85 bits per heavy atom. The lowest BCUT2D eigenvalue weighted by Gasteiger charge is -1.89. The smallest absolute Gasteiger partial charge is 0.365 e. The fourth-order valence-corrected chi connectivity index (χ4v) is 2.90. The fraction of sp³-hybridized carbons (Fsp3) is 0.118. The lowest BCUT2D eigenvalue weighted by atomic mass is 10.1. The average Bonchev–Trinajstić information content (AvgIpc) is 2.92. The maximum absolute atomic E-state index is 6.12. The van der Waals surface area contributed by atoms with Crippen LogP contribution >= 0.6 is 11.6 Å². The minimum atomic E-state index is 0.694. The summed E-state index contributed by atoms with van der Waals surface area (Å²) in [6, 6.07) is 11.8. The average molecular weight is 284 g/mol. The molecule has 0 fully saturated rings. The highest BCUT2D eigenvalue weighted by Gasteiger charge is 2.28. The summed E-state index contributed by atoms with van der Waals surface area (Å²) < 4.78 is 11.8. The molecule has 0 bridgehead atoms. The molecule has 3 heteroatoms. The topological polar surface area (TPSA) is 24.4 Å². The molecule has 0 spiro atoms. The molecule has 0 amide bonds. The second kappa shape index (κ2) is 3.97. The van der Waals surface area contributed by atoms with E-state index in [9.17, 15) is 0 Å². The van der Waals surface area contributed by atoms with Crippen LogP contribution in [0.2, 0.25) is 5.02 Å². The maximum atomic E-state index is 6.12. The summed E-state index contributed by atoms with van der Waals surface area (Å²) in [5.74, 6) is 1.71. The van der Waals surface area contributed by atoms with Crippen molar-refractivity contribution in [2.45, 2.75) is 13.8 Å². The molecule has 1 aliphatic carbocycles. The van der Waals surface area contributed by atoms with Crippen LogP contribution in [0.4, 0.5) is 0 Å². The summed E-state index contributed by atoms with van der Waals surface area (Å²) in [7, 11) is 0. The van der Waals surface area contributed by atoms with Crippen LogP contribution in [0, 0.1) is 13.8 Å². The molecule has 2 heterocycles. The van der Waals surface area contributed by atoms with Gasteiger partial charge < -0.3 is 4.42 Å². The molecule has 0 unspecified atom stereocenters. The van der Waals surface area contributed by atoms with Crippen LogP contribution in [0.15, 0.2) is 45.2 Å². The number of rotatable bonds is 0. The number of hydrogen-bond acceptors (Lipinski definition) is 1. The highest BCUT2D eigenvalue weighted by atomic mass is 35.5. The molecule has 98 valence electrons. The van der Waals surface area contributed by atoms with E-state index in [0.29, 0.717) is 5.02 Å². The van der Waals surface area contributed by atoms with E-state index in [-0.39, 0.29) is 0 Å². The van der Waals surface area contributed by atoms with Crippen molar-refractivity contribution < 1.29 is 8.83 Å². The third-order valence-electron chi connectivity index (χ3n) is 3.67. The van der Waals surface area contributed by atoms with Crippen LogP contribution in [0.25, 0.3) is 33.3 Å². The van der Waals surface area contributed by atoms with E-state index in [1.165, 1.54) is 5.56 Å². The first-order chi connectivity index (χ1) is 9.63. The summed E-state index contributed by atoms with van der Waals surface area (Å²) in [5.41, 5.74) is 3.83. The molecule has 0 saturated carbocycles. The molecule has 1 aromatic heterocycles. The third-order valence-corrected chi connectivity index (χ3v) is 3.90. The Hall–Kier alpha value is -2.06. The number of benzene rings is 1. The Balaban J connectivity index is 2.31. The van der Waals surface area contributed by atoms with Crippen LogP contribution in [-0.4, -0.2) is 0 Å². The molecule has 1 aliphatic heterocycles. The summed E-state index contributed by atoms with van der Waals surface area (Å²) >= 11 is 6.12. The predicted molar refractivity (Wildman–Crippen MR) is 81.5 cm³/mol. The largest absolute Gasteiger partial charge is 0.460 e. The molecule has 20 heavy (non-hydrogen) atoms. The van der Waals surface area contributed by atoms with Crippen molar-refractivity contribution in [1.29, 1.82) is 0 Å². The second-order valence-electron chi connectivity index (χ2n) is 5.10. The minimum absolute atomic E-state index is 0.694. The molecule has 0 atom stereocenters. The van der Waals surface area contributed by atoms with E-state index < -0.39 is 0 Å². The summed E-state index contributed by atoms with van der Waals surface area (Å²) in [4.78, 5) is 0. The third kappa shape index (κ3) is 1.55. The zero-order valence-corrected chi connectivity index (χ0v) is 11.9. The van der Waals surface area contributed by atoms with E-state index in [0.717, 1.165) is 39.0 Å². The number of aryl methyl sites for hydroxylation is 2. The summed E-state index contributed by atoms with van der Waals surface area (Å²) in [5, 5.41) is 2.79. The summed E-state index contributed by atoms with van der Waals surface area (Å²) in [6.07, 6.45) is 0. The summed E-state index contributed by atoms with van der Waals surface area (Å²) in [6.45, 7) is 4.03. The van der Waals surface area contributed by atoms with Crippen molar-refractivity contribution in [3.05, 3.63) is 52.7 Å². The molecule has 2 aliphatic rings. The van der Waals surface area contributed by atoms with E-state index >= 15 is 0 Å². The lowest BCUT2D eigenvalue weighted by molar-refractivity contribution is 0.577. The quantitative estimate of drug-likeness (QED) is 0.379. The normalized spacial score (nSPS) is 11.8. The maximum Gasteiger partial charge on any atom is 0.365 e. The van der Waals surface area contributed by atoms with Crippen molar-refractivity contribution >= 4 is 33.5 Å². The van der Waals surface area contributed by atoms with Gasteiger partial charge in [0, 0.05) is 22.5 Å². The minimum Gasteiger partial charge on any atom is -0.460 e. The second-order valence-corrected chi connectivity index (χ2v) is 5.53. The number of fused-ring (bicyclic) bond motifs is 5. The van der Waals surface area contributed by atoms with Crippen LogP contribution in [0.5, 0.6) is 0 Å². The highest BCUT2D eigenvalue weighted by molar-refractivity contribution is 6.31. The zero-order chi connectivity index (χ0) is 13.9. The molecule has 0 radical (unpaired) electrons. The van der Waals surface area contributed by atoms with E-state index in [2.05, 4.69) is 19.1 Å². The van der Waals surface area contributed by atoms with Gasteiger partial charge >= 0.3 is 11.3 Å². The van der Waals surface area contributed by atoms with Crippen molar-refractivity contribution in [3.8, 4) is 11.3 Å². The Morgan fingerprint density at radius 3 is 2.70 bits per heavy atom. The monoisotopic (exact) mass is 283 g/mol. The molecule has 0 N–H and O–H groups in total. The lowest BCUT2D eigenvalue weighted by Crippen LogP contribution is -1.71. The van der Waals surface area contributed by atoms with Gasteiger partial charge in [-0.25, -0.2) is 4.42 Å². The van der Waals surface area contributed by atoms with Gasteiger partial charge in [0.2, 0.25) is 0 Å². The van der Waals surface area contributed by atoms with Gasteiger partial charge in [-0.3, -0.25) is 0 Å².